The first-order valence-corrected chi connectivity index (χ1v) is 18.3. The van der Waals surface area contributed by atoms with Crippen LogP contribution in [0.4, 0.5) is 0 Å². The Labute approximate surface area is 119 Å². The third-order valence-corrected chi connectivity index (χ3v) is 8.39. The molecule has 0 unspecified atom stereocenters. The Morgan fingerprint density at radius 2 is 1.44 bits per heavy atom. The molecule has 2 aliphatic rings. The van der Waals surface area contributed by atoms with Crippen LogP contribution in [0.2, 0.25) is 26.5 Å². The van der Waals surface area contributed by atoms with Crippen LogP contribution >= 0.6 is 0 Å². The van der Waals surface area contributed by atoms with Crippen molar-refractivity contribution in [1.29, 1.82) is 0 Å². The van der Waals surface area contributed by atoms with E-state index in [4.69, 9.17) is 0 Å². The zero-order valence-electron chi connectivity index (χ0n) is 13.1. The van der Waals surface area contributed by atoms with Crippen molar-refractivity contribution in [2.75, 3.05) is 0 Å². The molecule has 18 heavy (non-hydrogen) atoms. The first-order chi connectivity index (χ1) is 8.38. The summed E-state index contributed by atoms with van der Waals surface area (Å²) in [7, 11) is 0. The van der Waals surface area contributed by atoms with Gasteiger partial charge in [-0.2, -0.15) is 0 Å². The molecule has 0 aliphatic carbocycles. The molecule has 0 atom stereocenters. The zero-order valence-corrected chi connectivity index (χ0v) is 16.0. The van der Waals surface area contributed by atoms with Gasteiger partial charge in [-0.3, -0.25) is 0 Å². The monoisotopic (exact) mass is 354 g/mol. The van der Waals surface area contributed by atoms with Crippen molar-refractivity contribution < 1.29 is 0 Å². The predicted octanol–water partition coefficient (Wildman–Crippen LogP) is 5.59. The van der Waals surface area contributed by atoms with E-state index in [9.17, 15) is 0 Å². The Balaban J connectivity index is 2.27. The van der Waals surface area contributed by atoms with Gasteiger partial charge in [0.05, 0.1) is 0 Å². The zero-order chi connectivity index (χ0) is 13.3. The van der Waals surface area contributed by atoms with Crippen molar-refractivity contribution in [2.24, 2.45) is 5.92 Å². The molecule has 0 saturated carbocycles. The van der Waals surface area contributed by atoms with Crippen molar-refractivity contribution in [2.45, 2.75) is 78.8 Å². The molecule has 2 heteroatoms. The second-order valence-corrected chi connectivity index (χ2v) is 22.4. The normalized spacial score (nSPS) is 29.9. The van der Waals surface area contributed by atoms with Crippen molar-refractivity contribution in [1.82, 2.24) is 0 Å². The molecular weight excluding hydrogens is 322 g/mol. The Kier molecular flexibility index (Phi) is 4.94. The molecular formula is C16H31BSn. The van der Waals surface area contributed by atoms with E-state index in [0.717, 1.165) is 24.3 Å². The summed E-state index contributed by atoms with van der Waals surface area (Å²) < 4.78 is 2.82. The molecule has 0 N–H and O–H groups in total. The molecule has 2 fully saturated rings. The van der Waals surface area contributed by atoms with E-state index in [1.165, 1.54) is 38.5 Å². The molecule has 102 valence electrons. The number of rotatable bonds is 3. The molecule has 0 nitrogen and oxygen atoms in total. The van der Waals surface area contributed by atoms with E-state index in [0.29, 0.717) is 0 Å². The maximum absolute atomic E-state index is 2.82. The summed E-state index contributed by atoms with van der Waals surface area (Å²) in [4.78, 5) is 7.70. The summed E-state index contributed by atoms with van der Waals surface area (Å²) in [6.07, 6.45) is 9.09. The van der Waals surface area contributed by atoms with Crippen LogP contribution in [0.1, 0.15) is 52.4 Å². The Morgan fingerprint density at radius 3 is 1.78 bits per heavy atom. The summed E-state index contributed by atoms with van der Waals surface area (Å²) >= 11 is -1.80. The van der Waals surface area contributed by atoms with E-state index in [-0.39, 0.29) is 0 Å². The standard InChI is InChI=1S/C13H22B.3CH3.Sn/c1-10(2)11(3)14-12-6-4-7-13(14)9-5-8-12;;;;/h3,10,12-13H,4-9H2,1-2H3;3*1H3;. The van der Waals surface area contributed by atoms with E-state index < -0.39 is 18.4 Å². The second kappa shape index (κ2) is 5.93. The van der Waals surface area contributed by atoms with Gasteiger partial charge in [0.2, 0.25) is 0 Å². The van der Waals surface area contributed by atoms with Gasteiger partial charge in [0.1, 0.15) is 0 Å². The van der Waals surface area contributed by atoms with Crippen LogP contribution in [-0.4, -0.2) is 25.1 Å². The average Bonchev–Trinajstić information content (AvgIpc) is 2.23. The van der Waals surface area contributed by atoms with Gasteiger partial charge in [-0.15, -0.1) is 0 Å². The van der Waals surface area contributed by atoms with Gasteiger partial charge in [-0.05, 0) is 0 Å². The third-order valence-electron chi connectivity index (χ3n) is 4.97. The number of fused-ring (bicyclic) bond motifs is 2. The van der Waals surface area contributed by atoms with Crippen molar-refractivity contribution in [3.63, 3.8) is 0 Å². The molecule has 2 rings (SSSR count). The summed E-state index contributed by atoms with van der Waals surface area (Å²) in [5, 5.41) is 0. The van der Waals surface area contributed by atoms with E-state index >= 15 is 0 Å². The topological polar surface area (TPSA) is 0 Å². The molecule has 0 aromatic heterocycles. The van der Waals surface area contributed by atoms with Gasteiger partial charge in [-0.1, -0.05) is 0 Å². The van der Waals surface area contributed by atoms with E-state index in [1.807, 2.05) is 5.47 Å². The van der Waals surface area contributed by atoms with Gasteiger partial charge in [0.25, 0.3) is 0 Å². The molecule has 0 amide bonds. The third kappa shape index (κ3) is 3.58. The average molecular weight is 353 g/mol. The van der Waals surface area contributed by atoms with Gasteiger partial charge < -0.3 is 0 Å². The fourth-order valence-corrected chi connectivity index (χ4v) is 8.72. The van der Waals surface area contributed by atoms with Crippen LogP contribution in [-0.2, 0) is 0 Å². The van der Waals surface area contributed by atoms with E-state index in [2.05, 4.69) is 32.8 Å². The van der Waals surface area contributed by atoms with Gasteiger partial charge in [0, 0.05) is 0 Å². The van der Waals surface area contributed by atoms with Crippen LogP contribution in [0, 0.1) is 5.92 Å². The fourth-order valence-electron chi connectivity index (χ4n) is 4.37. The predicted molar refractivity (Wildman–Crippen MR) is 87.2 cm³/mol. The molecule has 0 spiro atoms. The van der Waals surface area contributed by atoms with Crippen LogP contribution in [0.5, 0.6) is 0 Å². The summed E-state index contributed by atoms with van der Waals surface area (Å²) in [6, 6.07) is 0. The molecule has 0 aromatic rings. The van der Waals surface area contributed by atoms with Crippen LogP contribution in [0.15, 0.2) is 9.56 Å². The Hall–Kier alpha value is 0.604. The first kappa shape index (κ1) is 15.0. The molecule has 0 aromatic carbocycles. The van der Waals surface area contributed by atoms with Crippen LogP contribution < -0.4 is 0 Å². The van der Waals surface area contributed by atoms with Crippen LogP contribution in [0.3, 0.4) is 0 Å². The number of allylic oxidation sites excluding steroid dienone is 1. The van der Waals surface area contributed by atoms with E-state index in [1.54, 1.807) is 0 Å². The van der Waals surface area contributed by atoms with Gasteiger partial charge >= 0.3 is 119 Å². The van der Waals surface area contributed by atoms with Crippen molar-refractivity contribution in [3.8, 4) is 0 Å². The first-order valence-electron chi connectivity index (χ1n) is 8.11. The second-order valence-electron chi connectivity index (χ2n) is 8.07. The van der Waals surface area contributed by atoms with Gasteiger partial charge in [0.15, 0.2) is 0 Å². The van der Waals surface area contributed by atoms with Gasteiger partial charge in [-0.25, -0.2) is 0 Å². The molecule has 2 aliphatic heterocycles. The number of hydrogen-bond acceptors (Lipinski definition) is 0. The molecule has 2 bridgehead atoms. The molecule has 0 radical (unpaired) electrons. The van der Waals surface area contributed by atoms with Crippen LogP contribution in [0.25, 0.3) is 0 Å². The summed E-state index contributed by atoms with van der Waals surface area (Å²) in [5.41, 5.74) is 1.88. The maximum atomic E-state index is 2.82. The Bertz CT molecular complexity index is 292. The fraction of sp³-hybridized carbons (Fsp3) is 0.875. The SMILES string of the molecule is CC(C)/C(=[CH]/[Sn]([CH3])([CH3])[CH3])B1C2CCCC1CCC2. The minimum absolute atomic E-state index is 0.784. The summed E-state index contributed by atoms with van der Waals surface area (Å²) in [5.74, 6) is 2.87. The minimum atomic E-state index is -1.80. The Morgan fingerprint density at radius 1 is 1.00 bits per heavy atom. The molecule has 2 saturated heterocycles. The molecule has 2 heterocycles. The van der Waals surface area contributed by atoms with Crippen molar-refractivity contribution >= 4 is 25.1 Å². The number of hydrogen-bond donors (Lipinski definition) is 0. The summed E-state index contributed by atoms with van der Waals surface area (Å²) in [6.45, 7) is 5.85. The van der Waals surface area contributed by atoms with Crippen molar-refractivity contribution in [3.05, 3.63) is 9.56 Å². The quantitative estimate of drug-likeness (QED) is 0.581.